The van der Waals surface area contributed by atoms with Crippen molar-refractivity contribution < 1.29 is 9.53 Å². The Morgan fingerprint density at radius 2 is 2.04 bits per heavy atom. The summed E-state index contributed by atoms with van der Waals surface area (Å²) in [6, 6.07) is 6.05. The molecule has 7 heteroatoms. The van der Waals surface area contributed by atoms with Crippen molar-refractivity contribution in [2.45, 2.75) is 39.7 Å². The minimum atomic E-state index is -0.174. The van der Waals surface area contributed by atoms with Crippen molar-refractivity contribution in [3.05, 3.63) is 45.2 Å². The van der Waals surface area contributed by atoms with Crippen LogP contribution in [0.3, 0.4) is 0 Å². The van der Waals surface area contributed by atoms with Gasteiger partial charge in [0.05, 0.1) is 21.4 Å². The van der Waals surface area contributed by atoms with Crippen LogP contribution in [0.5, 0.6) is 5.75 Å². The number of benzene rings is 1. The van der Waals surface area contributed by atoms with Gasteiger partial charge in [0, 0.05) is 14.1 Å². The number of aryl methyl sites for hydroxylation is 1. The van der Waals surface area contributed by atoms with E-state index in [0.29, 0.717) is 28.6 Å². The molecule has 0 spiro atoms. The molecule has 1 aromatic carbocycles. The molecular formula is C19H25BrN4O2. The molecule has 2 rings (SSSR count). The second-order valence-corrected chi connectivity index (χ2v) is 7.33. The van der Waals surface area contributed by atoms with Crippen LogP contribution in [0.1, 0.15) is 53.5 Å². The molecule has 1 amide bonds. The predicted molar refractivity (Wildman–Crippen MR) is 106 cm³/mol. The molecular weight excluding hydrogens is 396 g/mol. The van der Waals surface area contributed by atoms with E-state index < -0.39 is 0 Å². The van der Waals surface area contributed by atoms with Crippen molar-refractivity contribution in [1.82, 2.24) is 14.9 Å². The second-order valence-electron chi connectivity index (χ2n) is 6.48. The van der Waals surface area contributed by atoms with Gasteiger partial charge < -0.3 is 15.4 Å². The first-order chi connectivity index (χ1) is 12.2. The summed E-state index contributed by atoms with van der Waals surface area (Å²) in [4.78, 5) is 22.3. The summed E-state index contributed by atoms with van der Waals surface area (Å²) < 4.78 is 6.78. The number of aromatic nitrogens is 2. The molecule has 26 heavy (non-hydrogen) atoms. The lowest BCUT2D eigenvalue weighted by atomic mass is 9.99. The maximum absolute atomic E-state index is 12.5. The fraction of sp³-hybridized carbons (Fsp3) is 0.421. The van der Waals surface area contributed by atoms with Crippen molar-refractivity contribution in [3.8, 4) is 5.75 Å². The molecule has 2 aromatic rings. The van der Waals surface area contributed by atoms with Crippen LogP contribution >= 0.6 is 15.9 Å². The average Bonchev–Trinajstić information content (AvgIpc) is 2.58. The summed E-state index contributed by atoms with van der Waals surface area (Å²) in [5, 5.41) is 0. The van der Waals surface area contributed by atoms with Gasteiger partial charge in [-0.15, -0.1) is 0 Å². The molecule has 0 aliphatic carbocycles. The molecule has 2 N–H and O–H groups in total. The summed E-state index contributed by atoms with van der Waals surface area (Å²) in [6.07, 6.45) is 1.07. The van der Waals surface area contributed by atoms with Gasteiger partial charge in [0.25, 0.3) is 5.91 Å². The van der Waals surface area contributed by atoms with E-state index in [4.69, 9.17) is 10.5 Å². The first-order valence-corrected chi connectivity index (χ1v) is 9.30. The molecule has 0 saturated heterocycles. The Kier molecular flexibility index (Phi) is 6.58. The Morgan fingerprint density at radius 1 is 1.35 bits per heavy atom. The smallest absolute Gasteiger partial charge is 0.257 e. The topological polar surface area (TPSA) is 81.3 Å². The number of amides is 1. The van der Waals surface area contributed by atoms with Crippen molar-refractivity contribution in [3.63, 3.8) is 0 Å². The highest BCUT2D eigenvalue weighted by Gasteiger charge is 2.20. The van der Waals surface area contributed by atoms with Crippen LogP contribution in [0.15, 0.2) is 22.7 Å². The Hall–Kier alpha value is -2.15. The molecule has 140 valence electrons. The third-order valence-electron chi connectivity index (χ3n) is 4.30. The van der Waals surface area contributed by atoms with Crippen LogP contribution in [0.4, 0.5) is 5.95 Å². The van der Waals surface area contributed by atoms with Gasteiger partial charge in [-0.1, -0.05) is 19.9 Å². The number of hydrogen-bond acceptors (Lipinski definition) is 5. The number of carbonyl (C=O) groups is 1. The van der Waals surface area contributed by atoms with E-state index in [2.05, 4.69) is 51.9 Å². The Bertz CT molecular complexity index is 808. The van der Waals surface area contributed by atoms with Gasteiger partial charge in [-0.25, -0.2) is 9.97 Å². The monoisotopic (exact) mass is 420 g/mol. The van der Waals surface area contributed by atoms with Gasteiger partial charge in [0.2, 0.25) is 5.95 Å². The summed E-state index contributed by atoms with van der Waals surface area (Å²) in [7, 11) is 3.37. The molecule has 6 nitrogen and oxygen atoms in total. The first-order valence-electron chi connectivity index (χ1n) is 8.51. The number of halogens is 1. The number of hydrogen-bond donors (Lipinski definition) is 1. The van der Waals surface area contributed by atoms with Gasteiger partial charge in [-0.3, -0.25) is 4.79 Å². The zero-order chi connectivity index (χ0) is 19.4. The minimum Gasteiger partial charge on any atom is -0.486 e. The third-order valence-corrected chi connectivity index (χ3v) is 4.92. The molecule has 0 radical (unpaired) electrons. The number of nitrogen functional groups attached to an aromatic ring is 1. The highest BCUT2D eigenvalue weighted by atomic mass is 79.9. The fourth-order valence-corrected chi connectivity index (χ4v) is 3.10. The van der Waals surface area contributed by atoms with Gasteiger partial charge in [0.15, 0.2) is 0 Å². The van der Waals surface area contributed by atoms with Crippen LogP contribution in [-0.4, -0.2) is 34.9 Å². The highest BCUT2D eigenvalue weighted by Crippen LogP contribution is 2.30. The highest BCUT2D eigenvalue weighted by molar-refractivity contribution is 9.10. The fourth-order valence-electron chi connectivity index (χ4n) is 2.58. The number of carbonyl (C=O) groups excluding carboxylic acids is 1. The molecule has 0 aliphatic rings. The Morgan fingerprint density at radius 3 is 2.62 bits per heavy atom. The van der Waals surface area contributed by atoms with Gasteiger partial charge in [-0.05, 0) is 52.9 Å². The molecule has 1 unspecified atom stereocenters. The normalized spacial score (nSPS) is 11.9. The van der Waals surface area contributed by atoms with Gasteiger partial charge in [0.1, 0.15) is 12.4 Å². The number of rotatable bonds is 6. The van der Waals surface area contributed by atoms with E-state index >= 15 is 0 Å². The quantitative estimate of drug-likeness (QED) is 0.765. The molecule has 0 bridgehead atoms. The van der Waals surface area contributed by atoms with Crippen LogP contribution in [0.2, 0.25) is 0 Å². The van der Waals surface area contributed by atoms with Crippen molar-refractivity contribution in [1.29, 1.82) is 0 Å². The van der Waals surface area contributed by atoms with Crippen molar-refractivity contribution in [2.75, 3.05) is 19.8 Å². The van der Waals surface area contributed by atoms with Gasteiger partial charge >= 0.3 is 0 Å². The lowest BCUT2D eigenvalue weighted by Gasteiger charge is -2.17. The van der Waals surface area contributed by atoms with Crippen molar-refractivity contribution in [2.24, 2.45) is 0 Å². The zero-order valence-electron chi connectivity index (χ0n) is 15.8. The number of ether oxygens (including phenoxy) is 1. The van der Waals surface area contributed by atoms with E-state index in [1.54, 1.807) is 21.0 Å². The van der Waals surface area contributed by atoms with Crippen LogP contribution < -0.4 is 10.5 Å². The summed E-state index contributed by atoms with van der Waals surface area (Å²) >= 11 is 3.56. The largest absolute Gasteiger partial charge is 0.486 e. The maximum atomic E-state index is 12.5. The zero-order valence-corrected chi connectivity index (χ0v) is 17.4. The lowest BCUT2D eigenvalue weighted by molar-refractivity contribution is 0.0823. The van der Waals surface area contributed by atoms with E-state index in [9.17, 15) is 4.79 Å². The average molecular weight is 421 g/mol. The standard InChI is InChI=1S/C19H25BrN4O2/c1-6-11(2)13-7-8-16(14(20)9-13)26-10-15-17(18(25)24(4)5)12(3)22-19(21)23-15/h7-9,11H,6,10H2,1-5H3,(H2,21,22,23). The molecule has 0 saturated carbocycles. The van der Waals surface area contributed by atoms with E-state index in [1.165, 1.54) is 10.5 Å². The summed E-state index contributed by atoms with van der Waals surface area (Å²) in [5.41, 5.74) is 8.46. The molecule has 0 aliphatic heterocycles. The molecule has 1 aromatic heterocycles. The number of nitrogens with two attached hydrogens (primary N) is 1. The molecule has 1 heterocycles. The third kappa shape index (κ3) is 4.52. The molecule has 1 atom stereocenters. The Labute approximate surface area is 162 Å². The van der Waals surface area contributed by atoms with Crippen LogP contribution in [-0.2, 0) is 6.61 Å². The minimum absolute atomic E-state index is 0.127. The number of nitrogens with zero attached hydrogens (tertiary/aromatic N) is 3. The van der Waals surface area contributed by atoms with E-state index in [-0.39, 0.29) is 18.5 Å². The van der Waals surface area contributed by atoms with Crippen LogP contribution in [0, 0.1) is 6.92 Å². The second kappa shape index (κ2) is 8.49. The van der Waals surface area contributed by atoms with Crippen LogP contribution in [0.25, 0.3) is 0 Å². The predicted octanol–water partition coefficient (Wildman–Crippen LogP) is 3.92. The van der Waals surface area contributed by atoms with Gasteiger partial charge in [-0.2, -0.15) is 0 Å². The maximum Gasteiger partial charge on any atom is 0.257 e. The SMILES string of the molecule is CCC(C)c1ccc(OCc2nc(N)nc(C)c2C(=O)N(C)C)c(Br)c1. The number of anilines is 1. The molecule has 0 fully saturated rings. The Balaban J connectivity index is 2.28. The first kappa shape index (κ1) is 20.2. The van der Waals surface area contributed by atoms with Crippen molar-refractivity contribution >= 4 is 27.8 Å². The van der Waals surface area contributed by atoms with E-state index in [0.717, 1.165) is 10.9 Å². The summed E-state index contributed by atoms with van der Waals surface area (Å²) in [5.74, 6) is 1.12. The summed E-state index contributed by atoms with van der Waals surface area (Å²) in [6.45, 7) is 6.22. The lowest BCUT2D eigenvalue weighted by Crippen LogP contribution is -2.26. The van der Waals surface area contributed by atoms with E-state index in [1.807, 2.05) is 6.07 Å².